The molecule has 11 heteroatoms. The lowest BCUT2D eigenvalue weighted by Gasteiger charge is -2.07. The molecule has 0 aliphatic heterocycles. The Kier molecular flexibility index (Phi) is 6.20. The van der Waals surface area contributed by atoms with Gasteiger partial charge in [-0.1, -0.05) is 32.0 Å². The monoisotopic (exact) mass is 536 g/mol. The molecule has 0 atom stereocenters. The Bertz CT molecular complexity index is 1830. The van der Waals surface area contributed by atoms with Gasteiger partial charge >= 0.3 is 5.97 Å². The number of nitrogens with zero attached hydrogens (tertiary/aromatic N) is 4. The molecule has 0 saturated heterocycles. The van der Waals surface area contributed by atoms with E-state index in [-0.39, 0.29) is 33.8 Å². The summed E-state index contributed by atoms with van der Waals surface area (Å²) in [6.07, 6.45) is 3.70. The third kappa shape index (κ3) is 4.23. The second kappa shape index (κ2) is 9.24. The summed E-state index contributed by atoms with van der Waals surface area (Å²) in [6.45, 7) is 4.06. The van der Waals surface area contributed by atoms with Gasteiger partial charge < -0.3 is 5.11 Å². The number of rotatable bonds is 7. The fourth-order valence-electron chi connectivity index (χ4n) is 4.49. The Morgan fingerprint density at radius 3 is 2.54 bits per heavy atom. The van der Waals surface area contributed by atoms with Crippen LogP contribution < -0.4 is 5.56 Å². The molecule has 4 aromatic heterocycles. The maximum atomic E-state index is 13.4. The van der Waals surface area contributed by atoms with Gasteiger partial charge in [-0.05, 0) is 42.2 Å². The Morgan fingerprint density at radius 1 is 1.14 bits per heavy atom. The van der Waals surface area contributed by atoms with Crippen molar-refractivity contribution in [3.63, 3.8) is 0 Å². The maximum absolute atomic E-state index is 13.4. The van der Waals surface area contributed by atoms with E-state index in [1.54, 1.807) is 30.3 Å². The van der Waals surface area contributed by atoms with Gasteiger partial charge in [0.2, 0.25) is 0 Å². The summed E-state index contributed by atoms with van der Waals surface area (Å²) >= 11 is 1.22. The van der Waals surface area contributed by atoms with Gasteiger partial charge in [0.05, 0.1) is 26.2 Å². The molecule has 5 aromatic rings. The van der Waals surface area contributed by atoms with E-state index in [1.165, 1.54) is 47.6 Å². The zero-order valence-corrected chi connectivity index (χ0v) is 22.0. The highest BCUT2D eigenvalue weighted by Crippen LogP contribution is 2.35. The van der Waals surface area contributed by atoms with Crippen LogP contribution in [-0.4, -0.2) is 38.2 Å². The fourth-order valence-corrected chi connectivity index (χ4v) is 7.15. The predicted octanol–water partition coefficient (Wildman–Crippen LogP) is 4.07. The minimum Gasteiger partial charge on any atom is -0.478 e. The number of carbonyl (C=O) groups is 1. The summed E-state index contributed by atoms with van der Waals surface area (Å²) in [7, 11) is -2.43. The first-order valence-corrected chi connectivity index (χ1v) is 13.9. The van der Waals surface area contributed by atoms with Gasteiger partial charge in [0.25, 0.3) is 15.6 Å². The number of thiophene rings is 1. The van der Waals surface area contributed by atoms with Gasteiger partial charge in [-0.3, -0.25) is 4.79 Å². The smallest absolute Gasteiger partial charge is 0.337 e. The molecule has 0 fully saturated rings. The van der Waals surface area contributed by atoms with Crippen molar-refractivity contribution >= 4 is 48.4 Å². The van der Waals surface area contributed by atoms with E-state index < -0.39 is 21.6 Å². The highest BCUT2D eigenvalue weighted by Gasteiger charge is 2.27. The molecule has 1 aromatic carbocycles. The highest BCUT2D eigenvalue weighted by molar-refractivity contribution is 7.90. The summed E-state index contributed by atoms with van der Waals surface area (Å²) in [6, 6.07) is 11.5. The molecule has 9 nitrogen and oxygen atoms in total. The minimum atomic E-state index is -3.94. The van der Waals surface area contributed by atoms with Gasteiger partial charge in [0.15, 0.2) is 5.65 Å². The molecule has 5 rings (SSSR count). The number of hydrogen-bond acceptors (Lipinski definition) is 7. The van der Waals surface area contributed by atoms with E-state index in [1.807, 2.05) is 13.8 Å². The zero-order valence-electron chi connectivity index (χ0n) is 20.4. The van der Waals surface area contributed by atoms with Crippen molar-refractivity contribution in [3.05, 3.63) is 86.9 Å². The summed E-state index contributed by atoms with van der Waals surface area (Å²) in [5.41, 5.74) is 0.966. The van der Waals surface area contributed by atoms with E-state index in [9.17, 15) is 23.1 Å². The lowest BCUT2D eigenvalue weighted by atomic mass is 10.0. The quantitative estimate of drug-likeness (QED) is 0.332. The second-order valence-corrected chi connectivity index (χ2v) is 12.1. The molecule has 0 amide bonds. The standard InChI is InChI=1S/C26H24N4O5S2/c1-15(2)12-19-23-22(25(31)29(3)28-19)21(26(32)33)20(36-23)13-16-14-30(24-18(16)10-7-11-27-24)37(34,35)17-8-5-4-6-9-17/h4-11,14-15H,12-13H2,1-3H3,(H,32,33). The largest absolute Gasteiger partial charge is 0.478 e. The van der Waals surface area contributed by atoms with Crippen molar-refractivity contribution < 1.29 is 18.3 Å². The number of carboxylic acid groups (broad SMARTS) is 1. The summed E-state index contributed by atoms with van der Waals surface area (Å²) in [5, 5.41) is 15.3. The van der Waals surface area contributed by atoms with Crippen LogP contribution in [0.25, 0.3) is 21.1 Å². The van der Waals surface area contributed by atoms with Crippen LogP contribution in [0.15, 0.2) is 64.5 Å². The van der Waals surface area contributed by atoms with Crippen LogP contribution >= 0.6 is 11.3 Å². The molecule has 190 valence electrons. The maximum Gasteiger partial charge on any atom is 0.337 e. The number of aryl methyl sites for hydroxylation is 1. The van der Waals surface area contributed by atoms with Crippen LogP contribution in [0.5, 0.6) is 0 Å². The van der Waals surface area contributed by atoms with Crippen LogP contribution in [0.2, 0.25) is 0 Å². The Morgan fingerprint density at radius 2 is 1.86 bits per heavy atom. The van der Waals surface area contributed by atoms with Crippen LogP contribution in [0.1, 0.15) is 40.3 Å². The van der Waals surface area contributed by atoms with Crippen molar-refractivity contribution in [1.29, 1.82) is 0 Å². The molecule has 0 unspecified atom stereocenters. The SMILES string of the molecule is CC(C)Cc1nn(C)c(=O)c2c(C(=O)O)c(Cc3cn(S(=O)(=O)c4ccccc4)c4ncccc34)sc12. The number of pyridine rings is 1. The number of hydrogen-bond donors (Lipinski definition) is 1. The van der Waals surface area contributed by atoms with E-state index >= 15 is 0 Å². The molecule has 0 aliphatic rings. The van der Waals surface area contributed by atoms with Crippen LogP contribution in [-0.2, 0) is 29.9 Å². The highest BCUT2D eigenvalue weighted by atomic mass is 32.2. The predicted molar refractivity (Wildman–Crippen MR) is 142 cm³/mol. The molecular weight excluding hydrogens is 512 g/mol. The first kappa shape index (κ1) is 24.8. The number of benzene rings is 1. The molecule has 1 N–H and O–H groups in total. The molecule has 4 heterocycles. The minimum absolute atomic E-state index is 0.0660. The zero-order chi connectivity index (χ0) is 26.5. The van der Waals surface area contributed by atoms with Crippen LogP contribution in [0, 0.1) is 5.92 Å². The first-order chi connectivity index (χ1) is 17.6. The lowest BCUT2D eigenvalue weighted by molar-refractivity contribution is 0.0698. The number of aromatic nitrogens is 4. The van der Waals surface area contributed by atoms with Gasteiger partial charge in [-0.15, -0.1) is 11.3 Å². The molecule has 0 saturated carbocycles. The number of fused-ring (bicyclic) bond motifs is 2. The van der Waals surface area contributed by atoms with E-state index in [4.69, 9.17) is 0 Å². The molecule has 37 heavy (non-hydrogen) atoms. The Hall–Kier alpha value is -3.83. The summed E-state index contributed by atoms with van der Waals surface area (Å²) < 4.78 is 29.8. The van der Waals surface area contributed by atoms with Crippen molar-refractivity contribution in [2.45, 2.75) is 31.6 Å². The van der Waals surface area contributed by atoms with Gasteiger partial charge in [0, 0.05) is 36.1 Å². The Labute approximate surface area is 216 Å². The molecule has 0 bridgehead atoms. The van der Waals surface area contributed by atoms with Crippen molar-refractivity contribution in [1.82, 2.24) is 18.7 Å². The second-order valence-electron chi connectivity index (χ2n) is 9.20. The third-order valence-electron chi connectivity index (χ3n) is 6.10. The first-order valence-electron chi connectivity index (χ1n) is 11.6. The molecular formula is C26H24N4O5S2. The van der Waals surface area contributed by atoms with Gasteiger partial charge in [-0.25, -0.2) is 26.9 Å². The van der Waals surface area contributed by atoms with Crippen LogP contribution in [0.4, 0.5) is 0 Å². The molecule has 0 aliphatic carbocycles. The fraction of sp³-hybridized carbons (Fsp3) is 0.231. The number of carboxylic acids is 1. The van der Waals surface area contributed by atoms with E-state index in [2.05, 4.69) is 10.1 Å². The van der Waals surface area contributed by atoms with E-state index in [0.717, 1.165) is 3.97 Å². The topological polar surface area (TPSA) is 124 Å². The lowest BCUT2D eigenvalue weighted by Crippen LogP contribution is -2.22. The average molecular weight is 537 g/mol. The third-order valence-corrected chi connectivity index (χ3v) is 9.01. The van der Waals surface area contributed by atoms with Gasteiger partial charge in [-0.2, -0.15) is 5.10 Å². The number of aromatic carboxylic acids is 1. The summed E-state index contributed by atoms with van der Waals surface area (Å²) in [5.74, 6) is -0.960. The molecule has 0 spiro atoms. The van der Waals surface area contributed by atoms with E-state index in [0.29, 0.717) is 32.6 Å². The van der Waals surface area contributed by atoms with Crippen LogP contribution in [0.3, 0.4) is 0 Å². The molecule has 0 radical (unpaired) electrons. The Balaban J connectivity index is 1.73. The normalized spacial score (nSPS) is 12.1. The average Bonchev–Trinajstić information content (AvgIpc) is 3.43. The van der Waals surface area contributed by atoms with Crippen molar-refractivity contribution in [3.8, 4) is 0 Å². The summed E-state index contributed by atoms with van der Waals surface area (Å²) in [4.78, 5) is 30.3. The van der Waals surface area contributed by atoms with Crippen molar-refractivity contribution in [2.24, 2.45) is 13.0 Å². The van der Waals surface area contributed by atoms with Gasteiger partial charge in [0.1, 0.15) is 0 Å². The van der Waals surface area contributed by atoms with Crippen molar-refractivity contribution in [2.75, 3.05) is 0 Å².